The second-order valence-corrected chi connectivity index (χ2v) is 7.14. The summed E-state index contributed by atoms with van der Waals surface area (Å²) in [5.74, 6) is 2.71. The van der Waals surface area contributed by atoms with Crippen LogP contribution in [0.4, 0.5) is 0 Å². The Morgan fingerprint density at radius 3 is 2.00 bits per heavy atom. The summed E-state index contributed by atoms with van der Waals surface area (Å²) in [5.41, 5.74) is 1.20. The van der Waals surface area contributed by atoms with Crippen molar-refractivity contribution >= 4 is 0 Å². The van der Waals surface area contributed by atoms with E-state index in [0.717, 1.165) is 17.8 Å². The highest BCUT2D eigenvalue weighted by Crippen LogP contribution is 2.58. The summed E-state index contributed by atoms with van der Waals surface area (Å²) in [7, 11) is 0. The molecule has 0 aromatic heterocycles. The molecule has 0 nitrogen and oxygen atoms in total. The van der Waals surface area contributed by atoms with Crippen molar-refractivity contribution in [3.8, 4) is 0 Å². The summed E-state index contributed by atoms with van der Waals surface area (Å²) in [5, 5.41) is 0. The molecule has 0 aromatic rings. The van der Waals surface area contributed by atoms with E-state index in [9.17, 15) is 0 Å². The second kappa shape index (κ2) is 4.11. The summed E-state index contributed by atoms with van der Waals surface area (Å²) in [6, 6.07) is 0. The highest BCUT2D eigenvalue weighted by Gasteiger charge is 2.49. The van der Waals surface area contributed by atoms with Gasteiger partial charge in [0, 0.05) is 0 Å². The van der Waals surface area contributed by atoms with Crippen LogP contribution in [0.5, 0.6) is 0 Å². The molecule has 1 aliphatic rings. The molecule has 0 saturated heterocycles. The normalized spacial score (nSPS) is 30.0. The standard InChI is InChI=1S/C15H30/c1-8-15(7,11(2)3)9-12(4)13-10-14(13,5)6/h11-13H,8-10H2,1-7H3. The zero-order valence-electron chi connectivity index (χ0n) is 11.9. The largest absolute Gasteiger partial charge is 0.0649 e. The quantitative estimate of drug-likeness (QED) is 0.590. The zero-order chi connectivity index (χ0) is 11.9. The van der Waals surface area contributed by atoms with Crippen molar-refractivity contribution in [2.75, 3.05) is 0 Å². The van der Waals surface area contributed by atoms with Gasteiger partial charge in [-0.15, -0.1) is 0 Å². The van der Waals surface area contributed by atoms with Crippen molar-refractivity contribution in [1.29, 1.82) is 0 Å². The van der Waals surface area contributed by atoms with E-state index in [1.165, 1.54) is 19.3 Å². The average Bonchev–Trinajstić information content (AvgIpc) is 2.74. The van der Waals surface area contributed by atoms with Gasteiger partial charge >= 0.3 is 0 Å². The molecular weight excluding hydrogens is 180 g/mol. The maximum absolute atomic E-state index is 2.48. The first-order valence-electron chi connectivity index (χ1n) is 6.73. The maximum atomic E-state index is 2.48. The number of hydrogen-bond acceptors (Lipinski definition) is 0. The molecule has 0 bridgehead atoms. The van der Waals surface area contributed by atoms with E-state index in [-0.39, 0.29) is 0 Å². The molecule has 0 aromatic carbocycles. The van der Waals surface area contributed by atoms with Crippen LogP contribution in [0, 0.1) is 28.6 Å². The van der Waals surface area contributed by atoms with E-state index in [1.54, 1.807) is 0 Å². The average molecular weight is 210 g/mol. The lowest BCUT2D eigenvalue weighted by molar-refractivity contribution is 0.146. The summed E-state index contributed by atoms with van der Waals surface area (Å²) in [6.45, 7) is 16.9. The lowest BCUT2D eigenvalue weighted by atomic mass is 9.70. The lowest BCUT2D eigenvalue weighted by Crippen LogP contribution is -2.26. The van der Waals surface area contributed by atoms with Gasteiger partial charge in [0.25, 0.3) is 0 Å². The Kier molecular flexibility index (Phi) is 3.58. The van der Waals surface area contributed by atoms with Gasteiger partial charge in [-0.25, -0.2) is 0 Å². The minimum absolute atomic E-state index is 0.554. The lowest BCUT2D eigenvalue weighted by Gasteiger charge is -2.36. The molecule has 0 aliphatic heterocycles. The Balaban J connectivity index is 2.53. The molecule has 0 amide bonds. The topological polar surface area (TPSA) is 0 Å². The van der Waals surface area contributed by atoms with E-state index in [4.69, 9.17) is 0 Å². The smallest absolute Gasteiger partial charge is 0.0303 e. The predicted octanol–water partition coefficient (Wildman–Crippen LogP) is 5.13. The van der Waals surface area contributed by atoms with Crippen molar-refractivity contribution < 1.29 is 0 Å². The van der Waals surface area contributed by atoms with Crippen LogP contribution in [0.15, 0.2) is 0 Å². The molecule has 0 spiro atoms. The van der Waals surface area contributed by atoms with Gasteiger partial charge in [0.05, 0.1) is 0 Å². The fraction of sp³-hybridized carbons (Fsp3) is 1.00. The van der Waals surface area contributed by atoms with Gasteiger partial charge in [0.1, 0.15) is 0 Å². The van der Waals surface area contributed by atoms with Crippen LogP contribution in [-0.2, 0) is 0 Å². The first-order chi connectivity index (χ1) is 6.73. The Labute approximate surface area is 96.8 Å². The van der Waals surface area contributed by atoms with Crippen molar-refractivity contribution in [2.45, 2.75) is 67.7 Å². The van der Waals surface area contributed by atoms with E-state index in [0.29, 0.717) is 10.8 Å². The van der Waals surface area contributed by atoms with Gasteiger partial charge in [-0.2, -0.15) is 0 Å². The van der Waals surface area contributed by atoms with Crippen LogP contribution in [0.2, 0.25) is 0 Å². The van der Waals surface area contributed by atoms with E-state index in [2.05, 4.69) is 48.5 Å². The summed E-state index contributed by atoms with van der Waals surface area (Å²) in [6.07, 6.45) is 4.18. The minimum atomic E-state index is 0.554. The maximum Gasteiger partial charge on any atom is -0.0303 e. The summed E-state index contributed by atoms with van der Waals surface area (Å²) >= 11 is 0. The SMILES string of the molecule is CCC(C)(CC(C)C1CC1(C)C)C(C)C. The molecule has 90 valence electrons. The van der Waals surface area contributed by atoms with Crippen LogP contribution in [-0.4, -0.2) is 0 Å². The molecule has 1 fully saturated rings. The van der Waals surface area contributed by atoms with Gasteiger partial charge in [-0.3, -0.25) is 0 Å². The van der Waals surface area contributed by atoms with Crippen LogP contribution in [0.3, 0.4) is 0 Å². The van der Waals surface area contributed by atoms with Crippen LogP contribution >= 0.6 is 0 Å². The molecule has 1 rings (SSSR count). The van der Waals surface area contributed by atoms with Gasteiger partial charge in [-0.1, -0.05) is 54.9 Å². The van der Waals surface area contributed by atoms with Crippen LogP contribution < -0.4 is 0 Å². The van der Waals surface area contributed by atoms with E-state index in [1.807, 2.05) is 0 Å². The molecule has 3 unspecified atom stereocenters. The molecule has 0 heterocycles. The van der Waals surface area contributed by atoms with Gasteiger partial charge < -0.3 is 0 Å². The van der Waals surface area contributed by atoms with E-state index < -0.39 is 0 Å². The van der Waals surface area contributed by atoms with Crippen molar-refractivity contribution in [1.82, 2.24) is 0 Å². The van der Waals surface area contributed by atoms with Crippen molar-refractivity contribution in [3.05, 3.63) is 0 Å². The molecule has 3 atom stereocenters. The summed E-state index contributed by atoms with van der Waals surface area (Å²) in [4.78, 5) is 0. The zero-order valence-corrected chi connectivity index (χ0v) is 11.9. The second-order valence-electron chi connectivity index (χ2n) is 7.14. The Morgan fingerprint density at radius 2 is 1.73 bits per heavy atom. The molecule has 0 radical (unpaired) electrons. The first kappa shape index (κ1) is 13.1. The van der Waals surface area contributed by atoms with Crippen LogP contribution in [0.1, 0.15) is 67.7 Å². The third kappa shape index (κ3) is 2.77. The minimum Gasteiger partial charge on any atom is -0.0649 e. The van der Waals surface area contributed by atoms with E-state index >= 15 is 0 Å². The third-order valence-electron chi connectivity index (χ3n) is 5.27. The fourth-order valence-corrected chi connectivity index (χ4v) is 3.15. The Morgan fingerprint density at radius 1 is 1.27 bits per heavy atom. The molecular formula is C15H30. The molecule has 15 heavy (non-hydrogen) atoms. The predicted molar refractivity (Wildman–Crippen MR) is 68.9 cm³/mol. The molecule has 0 N–H and O–H groups in total. The molecule has 1 aliphatic carbocycles. The van der Waals surface area contributed by atoms with Crippen molar-refractivity contribution in [2.24, 2.45) is 28.6 Å². The van der Waals surface area contributed by atoms with Gasteiger partial charge in [0.2, 0.25) is 0 Å². The van der Waals surface area contributed by atoms with Gasteiger partial charge in [0.15, 0.2) is 0 Å². The number of hydrogen-bond donors (Lipinski definition) is 0. The Bertz CT molecular complexity index is 214. The third-order valence-corrected chi connectivity index (χ3v) is 5.27. The highest BCUT2D eigenvalue weighted by molar-refractivity contribution is 4.99. The van der Waals surface area contributed by atoms with Crippen molar-refractivity contribution in [3.63, 3.8) is 0 Å². The van der Waals surface area contributed by atoms with Gasteiger partial charge in [-0.05, 0) is 41.4 Å². The number of rotatable bonds is 5. The summed E-state index contributed by atoms with van der Waals surface area (Å²) < 4.78 is 0. The molecule has 1 saturated carbocycles. The highest BCUT2D eigenvalue weighted by atomic mass is 14.5. The molecule has 0 heteroatoms. The first-order valence-corrected chi connectivity index (χ1v) is 6.73. The Hall–Kier alpha value is 0. The fourth-order valence-electron chi connectivity index (χ4n) is 3.15. The monoisotopic (exact) mass is 210 g/mol. The van der Waals surface area contributed by atoms with Crippen LogP contribution in [0.25, 0.3) is 0 Å².